The van der Waals surface area contributed by atoms with Crippen LogP contribution in [0.25, 0.3) is 0 Å². The van der Waals surface area contributed by atoms with E-state index >= 15 is 0 Å². The third-order valence-electron chi connectivity index (χ3n) is 4.41. The number of benzene rings is 3. The summed E-state index contributed by atoms with van der Waals surface area (Å²) >= 11 is 5.21. The Labute approximate surface area is 190 Å². The molecule has 162 valence electrons. The molecule has 0 saturated carbocycles. The van der Waals surface area contributed by atoms with E-state index in [4.69, 9.17) is 12.2 Å². The minimum Gasteiger partial charge on any atom is -0.465 e. The maximum absolute atomic E-state index is 12.4. The van der Waals surface area contributed by atoms with Crippen LogP contribution in [-0.2, 0) is 16.0 Å². The molecule has 0 heterocycles. The summed E-state index contributed by atoms with van der Waals surface area (Å²) < 4.78 is 4.63. The van der Waals surface area contributed by atoms with E-state index in [-0.39, 0.29) is 17.4 Å². The van der Waals surface area contributed by atoms with Gasteiger partial charge in [0, 0.05) is 16.9 Å². The van der Waals surface area contributed by atoms with Crippen LogP contribution in [0.4, 0.5) is 11.4 Å². The van der Waals surface area contributed by atoms with Gasteiger partial charge in [-0.2, -0.15) is 0 Å². The van der Waals surface area contributed by atoms with E-state index in [0.29, 0.717) is 22.5 Å². The van der Waals surface area contributed by atoms with Crippen LogP contribution in [0, 0.1) is 0 Å². The maximum atomic E-state index is 12.4. The van der Waals surface area contributed by atoms with Gasteiger partial charge in [0.2, 0.25) is 5.91 Å². The molecular formula is C24H21N3O4S. The molecule has 0 aromatic heterocycles. The SMILES string of the molecule is COC(=O)c1ccc(C(=O)NC(=S)Nc2cccc(NC(=O)Cc3ccccc3)c2)cc1. The zero-order chi connectivity index (χ0) is 22.9. The van der Waals surface area contributed by atoms with Crippen molar-refractivity contribution in [2.75, 3.05) is 17.7 Å². The number of carbonyl (C=O) groups is 3. The van der Waals surface area contributed by atoms with Gasteiger partial charge in [-0.1, -0.05) is 36.4 Å². The number of methoxy groups -OCH3 is 1. The molecule has 32 heavy (non-hydrogen) atoms. The summed E-state index contributed by atoms with van der Waals surface area (Å²) in [7, 11) is 1.29. The lowest BCUT2D eigenvalue weighted by Crippen LogP contribution is -2.34. The molecule has 2 amide bonds. The topological polar surface area (TPSA) is 96.5 Å². The van der Waals surface area contributed by atoms with Crippen molar-refractivity contribution in [2.24, 2.45) is 0 Å². The summed E-state index contributed by atoms with van der Waals surface area (Å²) in [6, 6.07) is 22.5. The van der Waals surface area contributed by atoms with Crippen LogP contribution >= 0.6 is 12.2 Å². The molecule has 8 heteroatoms. The monoisotopic (exact) mass is 447 g/mol. The van der Waals surface area contributed by atoms with Gasteiger partial charge in [0.25, 0.3) is 5.91 Å². The van der Waals surface area contributed by atoms with E-state index in [0.717, 1.165) is 5.56 Å². The van der Waals surface area contributed by atoms with Gasteiger partial charge >= 0.3 is 5.97 Å². The predicted octanol–water partition coefficient (Wildman–Crippen LogP) is 3.78. The summed E-state index contributed by atoms with van der Waals surface area (Å²) in [6.07, 6.45) is 0.266. The zero-order valence-electron chi connectivity index (χ0n) is 17.3. The third kappa shape index (κ3) is 6.48. The van der Waals surface area contributed by atoms with Gasteiger partial charge in [-0.25, -0.2) is 4.79 Å². The first kappa shape index (κ1) is 22.6. The minimum atomic E-state index is -0.482. The summed E-state index contributed by atoms with van der Waals surface area (Å²) in [6.45, 7) is 0. The fourth-order valence-electron chi connectivity index (χ4n) is 2.87. The number of ether oxygens (including phenoxy) is 1. The first-order valence-corrected chi connectivity index (χ1v) is 10.1. The number of hydrogen-bond acceptors (Lipinski definition) is 5. The Morgan fingerprint density at radius 2 is 1.44 bits per heavy atom. The van der Waals surface area contributed by atoms with Gasteiger partial charge < -0.3 is 15.4 Å². The highest BCUT2D eigenvalue weighted by Gasteiger charge is 2.11. The van der Waals surface area contributed by atoms with E-state index in [9.17, 15) is 14.4 Å². The van der Waals surface area contributed by atoms with Gasteiger partial charge in [-0.3, -0.25) is 14.9 Å². The Hall–Kier alpha value is -4.04. The Bertz CT molecular complexity index is 1130. The van der Waals surface area contributed by atoms with Crippen LogP contribution in [0.3, 0.4) is 0 Å². The Kier molecular flexibility index (Phi) is 7.66. The Balaban J connectivity index is 1.55. The lowest BCUT2D eigenvalue weighted by atomic mass is 10.1. The van der Waals surface area contributed by atoms with Gasteiger partial charge in [0.05, 0.1) is 19.1 Å². The molecule has 0 bridgehead atoms. The lowest BCUT2D eigenvalue weighted by molar-refractivity contribution is -0.115. The number of nitrogens with one attached hydrogen (secondary N) is 3. The fourth-order valence-corrected chi connectivity index (χ4v) is 3.08. The number of esters is 1. The lowest BCUT2D eigenvalue weighted by Gasteiger charge is -2.12. The zero-order valence-corrected chi connectivity index (χ0v) is 18.1. The quantitative estimate of drug-likeness (QED) is 0.393. The number of carbonyl (C=O) groups excluding carboxylic acids is 3. The normalized spacial score (nSPS) is 10.0. The molecule has 0 unspecified atom stereocenters. The molecular weight excluding hydrogens is 426 g/mol. The Morgan fingerprint density at radius 3 is 2.09 bits per heavy atom. The van der Waals surface area contributed by atoms with Crippen molar-refractivity contribution in [1.29, 1.82) is 0 Å². The van der Waals surface area contributed by atoms with Crippen molar-refractivity contribution < 1.29 is 19.1 Å². The summed E-state index contributed by atoms with van der Waals surface area (Å²) in [4.78, 5) is 36.1. The van der Waals surface area contributed by atoms with Crippen LogP contribution in [0.1, 0.15) is 26.3 Å². The molecule has 0 aliphatic carbocycles. The second-order valence-corrected chi connectivity index (χ2v) is 7.18. The number of rotatable bonds is 6. The predicted molar refractivity (Wildman–Crippen MR) is 127 cm³/mol. The van der Waals surface area contributed by atoms with Crippen LogP contribution in [0.5, 0.6) is 0 Å². The van der Waals surface area contributed by atoms with Crippen molar-refractivity contribution in [1.82, 2.24) is 5.32 Å². The highest BCUT2D eigenvalue weighted by atomic mass is 32.1. The van der Waals surface area contributed by atoms with E-state index < -0.39 is 11.9 Å². The smallest absolute Gasteiger partial charge is 0.337 e. The average molecular weight is 448 g/mol. The molecule has 0 saturated heterocycles. The van der Waals surface area contributed by atoms with Gasteiger partial charge in [0.1, 0.15) is 0 Å². The van der Waals surface area contributed by atoms with E-state index in [1.807, 2.05) is 30.3 Å². The molecule has 3 aromatic rings. The van der Waals surface area contributed by atoms with Crippen LogP contribution in [0.15, 0.2) is 78.9 Å². The molecule has 0 atom stereocenters. The third-order valence-corrected chi connectivity index (χ3v) is 4.61. The highest BCUT2D eigenvalue weighted by Crippen LogP contribution is 2.16. The summed E-state index contributed by atoms with van der Waals surface area (Å²) in [5.41, 5.74) is 2.81. The molecule has 0 fully saturated rings. The van der Waals surface area contributed by atoms with Crippen LogP contribution in [0.2, 0.25) is 0 Å². The molecule has 0 radical (unpaired) electrons. The van der Waals surface area contributed by atoms with Crippen molar-refractivity contribution >= 4 is 46.5 Å². The maximum Gasteiger partial charge on any atom is 0.337 e. The number of hydrogen-bond donors (Lipinski definition) is 3. The van der Waals surface area contributed by atoms with Crippen molar-refractivity contribution in [3.8, 4) is 0 Å². The van der Waals surface area contributed by atoms with Crippen molar-refractivity contribution in [2.45, 2.75) is 6.42 Å². The summed E-state index contributed by atoms with van der Waals surface area (Å²) in [5.74, 6) is -1.05. The van der Waals surface area contributed by atoms with Crippen molar-refractivity contribution in [3.05, 3.63) is 95.6 Å². The largest absolute Gasteiger partial charge is 0.465 e. The van der Waals surface area contributed by atoms with Crippen LogP contribution in [-0.4, -0.2) is 30.0 Å². The van der Waals surface area contributed by atoms with Gasteiger partial charge in [-0.15, -0.1) is 0 Å². The second kappa shape index (κ2) is 10.8. The minimum absolute atomic E-state index is 0.0970. The molecule has 0 aliphatic heterocycles. The fraction of sp³-hybridized carbons (Fsp3) is 0.0833. The molecule has 3 rings (SSSR count). The standard InChI is InChI=1S/C24H21N3O4S/c1-31-23(30)18-12-10-17(11-13-18)22(29)27-24(32)26-20-9-5-8-19(15-20)25-21(28)14-16-6-3-2-4-7-16/h2-13,15H,14H2,1H3,(H,25,28)(H2,26,27,29,32). The average Bonchev–Trinajstić information content (AvgIpc) is 2.79. The molecule has 0 aliphatic rings. The van der Waals surface area contributed by atoms with E-state index in [1.165, 1.54) is 31.4 Å². The molecule has 3 aromatic carbocycles. The van der Waals surface area contributed by atoms with Gasteiger partial charge in [0.15, 0.2) is 5.11 Å². The number of amides is 2. The van der Waals surface area contributed by atoms with Crippen LogP contribution < -0.4 is 16.0 Å². The first-order chi connectivity index (χ1) is 15.4. The number of thiocarbonyl (C=S) groups is 1. The molecule has 7 nitrogen and oxygen atoms in total. The highest BCUT2D eigenvalue weighted by molar-refractivity contribution is 7.80. The number of anilines is 2. The van der Waals surface area contributed by atoms with Gasteiger partial charge in [-0.05, 0) is 60.2 Å². The van der Waals surface area contributed by atoms with E-state index in [1.54, 1.807) is 24.3 Å². The molecule has 3 N–H and O–H groups in total. The Morgan fingerprint density at radius 1 is 0.812 bits per heavy atom. The molecule has 0 spiro atoms. The van der Waals surface area contributed by atoms with Crippen molar-refractivity contribution in [3.63, 3.8) is 0 Å². The summed E-state index contributed by atoms with van der Waals surface area (Å²) in [5, 5.41) is 8.44. The second-order valence-electron chi connectivity index (χ2n) is 6.77. The van der Waals surface area contributed by atoms with E-state index in [2.05, 4.69) is 20.7 Å². The first-order valence-electron chi connectivity index (χ1n) is 9.69.